The third-order valence-corrected chi connectivity index (χ3v) is 0.542. The van der Waals surface area contributed by atoms with Crippen LogP contribution in [0.5, 0.6) is 0 Å². The Morgan fingerprint density at radius 3 is 0.909 bits per heavy atom. The largest absolute Gasteiger partial charge is 0.230 e. The SMILES string of the molecule is CC(C)(C)OOC(C)(C)C.[SiH4]. The van der Waals surface area contributed by atoms with E-state index >= 15 is 0 Å². The van der Waals surface area contributed by atoms with Gasteiger partial charge in [-0.1, -0.05) is 0 Å². The third-order valence-electron chi connectivity index (χ3n) is 0.542. The van der Waals surface area contributed by atoms with Crippen LogP contribution in [0.15, 0.2) is 0 Å². The first-order valence-corrected chi connectivity index (χ1v) is 3.57. The van der Waals surface area contributed by atoms with Gasteiger partial charge in [-0.3, -0.25) is 0 Å². The fourth-order valence-electron chi connectivity index (χ4n) is 0.250. The van der Waals surface area contributed by atoms with Crippen LogP contribution < -0.4 is 0 Å². The van der Waals surface area contributed by atoms with Crippen molar-refractivity contribution in [2.75, 3.05) is 0 Å². The van der Waals surface area contributed by atoms with Crippen LogP contribution in [-0.4, -0.2) is 22.2 Å². The van der Waals surface area contributed by atoms with Gasteiger partial charge in [-0.05, 0) is 52.5 Å². The Labute approximate surface area is 74.2 Å². The van der Waals surface area contributed by atoms with Gasteiger partial charge < -0.3 is 0 Å². The van der Waals surface area contributed by atoms with E-state index in [1.165, 1.54) is 0 Å². The molecular formula is C8H22O2Si. The molecule has 0 unspecified atom stereocenters. The Hall–Kier alpha value is 0.137. The predicted octanol–water partition coefficient (Wildman–Crippen LogP) is 1.08. The highest BCUT2D eigenvalue weighted by Crippen LogP contribution is 2.14. The van der Waals surface area contributed by atoms with Crippen molar-refractivity contribution in [3.63, 3.8) is 0 Å². The van der Waals surface area contributed by atoms with Crippen LogP contribution in [0.3, 0.4) is 0 Å². The summed E-state index contributed by atoms with van der Waals surface area (Å²) in [6.45, 7) is 11.7. The maximum absolute atomic E-state index is 5.09. The fraction of sp³-hybridized carbons (Fsp3) is 1.00. The van der Waals surface area contributed by atoms with E-state index in [1.54, 1.807) is 0 Å². The summed E-state index contributed by atoms with van der Waals surface area (Å²) in [5.74, 6) is 0. The maximum atomic E-state index is 5.09. The maximum Gasteiger partial charge on any atom is 0.0952 e. The van der Waals surface area contributed by atoms with Crippen molar-refractivity contribution in [1.82, 2.24) is 0 Å². The topological polar surface area (TPSA) is 18.5 Å². The Morgan fingerprint density at radius 1 is 0.636 bits per heavy atom. The summed E-state index contributed by atoms with van der Waals surface area (Å²) < 4.78 is 0. The quantitative estimate of drug-likeness (QED) is 0.340. The summed E-state index contributed by atoms with van der Waals surface area (Å²) >= 11 is 0. The highest BCUT2D eigenvalue weighted by molar-refractivity contribution is 5.75. The Morgan fingerprint density at radius 2 is 0.818 bits per heavy atom. The van der Waals surface area contributed by atoms with E-state index in [1.807, 2.05) is 41.5 Å². The molecule has 0 radical (unpaired) electrons. The van der Waals surface area contributed by atoms with E-state index in [0.29, 0.717) is 0 Å². The van der Waals surface area contributed by atoms with Crippen molar-refractivity contribution in [3.05, 3.63) is 0 Å². The van der Waals surface area contributed by atoms with Crippen molar-refractivity contribution in [2.45, 2.75) is 52.7 Å². The lowest BCUT2D eigenvalue weighted by Gasteiger charge is -2.24. The molecule has 11 heavy (non-hydrogen) atoms. The van der Waals surface area contributed by atoms with E-state index in [2.05, 4.69) is 0 Å². The fourth-order valence-corrected chi connectivity index (χ4v) is 0.250. The van der Waals surface area contributed by atoms with Crippen molar-refractivity contribution in [1.29, 1.82) is 0 Å². The van der Waals surface area contributed by atoms with Crippen LogP contribution in [0.1, 0.15) is 41.5 Å². The number of hydrogen-bond acceptors (Lipinski definition) is 2. The van der Waals surface area contributed by atoms with Gasteiger partial charge in [-0.25, -0.2) is 9.78 Å². The second-order valence-corrected chi connectivity index (χ2v) is 4.39. The van der Waals surface area contributed by atoms with Gasteiger partial charge in [0, 0.05) is 0 Å². The molecule has 70 valence electrons. The summed E-state index contributed by atoms with van der Waals surface area (Å²) in [6, 6.07) is 0. The van der Waals surface area contributed by atoms with Gasteiger partial charge in [0.05, 0.1) is 11.2 Å². The lowest BCUT2D eigenvalue weighted by atomic mass is 10.2. The normalized spacial score (nSPS) is 12.5. The molecule has 0 amide bonds. The highest BCUT2D eigenvalue weighted by atomic mass is 28.1. The van der Waals surface area contributed by atoms with E-state index < -0.39 is 0 Å². The molecule has 0 rings (SSSR count). The number of hydrogen-bond donors (Lipinski definition) is 0. The zero-order chi connectivity index (χ0) is 8.41. The summed E-state index contributed by atoms with van der Waals surface area (Å²) in [5, 5.41) is 0. The molecule has 0 aromatic heterocycles. The molecule has 0 atom stereocenters. The zero-order valence-corrected chi connectivity index (χ0v) is 7.82. The first kappa shape index (κ1) is 13.7. The van der Waals surface area contributed by atoms with Crippen LogP contribution in [-0.2, 0) is 9.78 Å². The minimum absolute atomic E-state index is 0. The molecular weight excluding hydrogens is 156 g/mol. The van der Waals surface area contributed by atoms with E-state index in [0.717, 1.165) is 0 Å². The van der Waals surface area contributed by atoms with Crippen molar-refractivity contribution >= 4 is 11.0 Å². The van der Waals surface area contributed by atoms with Gasteiger partial charge in [0.25, 0.3) is 0 Å². The summed E-state index contributed by atoms with van der Waals surface area (Å²) in [6.07, 6.45) is 0. The van der Waals surface area contributed by atoms with Crippen LogP contribution in [0.4, 0.5) is 0 Å². The van der Waals surface area contributed by atoms with Crippen LogP contribution in [0.2, 0.25) is 0 Å². The standard InChI is InChI=1S/C8H18O2.H4Si/c1-7(2,3)9-10-8(4,5)6;/h1-6H3;1H4. The minimum atomic E-state index is -0.215. The lowest BCUT2D eigenvalue weighted by Crippen LogP contribution is -2.27. The molecule has 2 nitrogen and oxygen atoms in total. The zero-order valence-electron chi connectivity index (χ0n) is 7.82. The summed E-state index contributed by atoms with van der Waals surface area (Å²) in [7, 11) is 0. The van der Waals surface area contributed by atoms with Crippen molar-refractivity contribution in [3.8, 4) is 0 Å². The van der Waals surface area contributed by atoms with Gasteiger partial charge in [0.15, 0.2) is 0 Å². The Bertz CT molecular complexity index is 85.6. The smallest absolute Gasteiger partial charge is 0.0952 e. The van der Waals surface area contributed by atoms with E-state index in [4.69, 9.17) is 9.78 Å². The Balaban J connectivity index is 0. The van der Waals surface area contributed by atoms with Crippen LogP contribution in [0, 0.1) is 0 Å². The summed E-state index contributed by atoms with van der Waals surface area (Å²) in [5.41, 5.74) is -0.430. The predicted molar refractivity (Wildman–Crippen MR) is 53.0 cm³/mol. The van der Waals surface area contributed by atoms with Crippen molar-refractivity contribution < 1.29 is 9.78 Å². The van der Waals surface area contributed by atoms with Gasteiger partial charge in [-0.15, -0.1) is 0 Å². The molecule has 0 aliphatic heterocycles. The molecule has 0 spiro atoms. The van der Waals surface area contributed by atoms with Crippen LogP contribution >= 0.6 is 0 Å². The van der Waals surface area contributed by atoms with E-state index in [-0.39, 0.29) is 22.2 Å². The van der Waals surface area contributed by atoms with Gasteiger partial charge >= 0.3 is 0 Å². The monoisotopic (exact) mass is 178 g/mol. The molecule has 3 heteroatoms. The molecule has 0 saturated heterocycles. The first-order chi connectivity index (χ1) is 4.21. The second kappa shape index (κ2) is 4.23. The molecule has 0 aliphatic carbocycles. The molecule has 0 aromatic rings. The Kier molecular flexibility index (Phi) is 5.28. The molecule has 0 bridgehead atoms. The lowest BCUT2D eigenvalue weighted by molar-refractivity contribution is -0.393. The van der Waals surface area contributed by atoms with Gasteiger partial charge in [-0.2, -0.15) is 0 Å². The van der Waals surface area contributed by atoms with E-state index in [9.17, 15) is 0 Å². The molecule has 0 aromatic carbocycles. The molecule has 0 saturated carbocycles. The summed E-state index contributed by atoms with van der Waals surface area (Å²) in [4.78, 5) is 10.2. The highest BCUT2D eigenvalue weighted by Gasteiger charge is 2.18. The third kappa shape index (κ3) is 13.2. The van der Waals surface area contributed by atoms with Gasteiger partial charge in [0.2, 0.25) is 0 Å². The van der Waals surface area contributed by atoms with Crippen LogP contribution in [0.25, 0.3) is 0 Å². The van der Waals surface area contributed by atoms with Crippen molar-refractivity contribution in [2.24, 2.45) is 0 Å². The molecule has 0 heterocycles. The average Bonchev–Trinajstić information content (AvgIpc) is 1.57. The number of rotatable bonds is 1. The minimum Gasteiger partial charge on any atom is -0.230 e. The first-order valence-electron chi connectivity index (χ1n) is 3.57. The second-order valence-electron chi connectivity index (χ2n) is 4.39. The molecule has 0 fully saturated rings. The molecule has 0 N–H and O–H groups in total. The molecule has 0 aliphatic rings. The average molecular weight is 178 g/mol. The van der Waals surface area contributed by atoms with Gasteiger partial charge in [0.1, 0.15) is 0 Å².